The molecule has 0 saturated carbocycles. The first-order valence-corrected chi connectivity index (χ1v) is 6.40. The second kappa shape index (κ2) is 5.37. The first-order chi connectivity index (χ1) is 9.02. The molecule has 1 aromatic carbocycles. The minimum atomic E-state index is -0.319. The summed E-state index contributed by atoms with van der Waals surface area (Å²) in [4.78, 5) is 4.16. The van der Waals surface area contributed by atoms with Gasteiger partial charge in [-0.15, -0.1) is 0 Å². The number of nitrogens with zero attached hydrogens (tertiary/aromatic N) is 2. The zero-order valence-electron chi connectivity index (χ0n) is 10.5. The van der Waals surface area contributed by atoms with E-state index in [1.165, 1.54) is 6.07 Å². The fraction of sp³-hybridized carbons (Fsp3) is 0.143. The van der Waals surface area contributed by atoms with E-state index in [0.29, 0.717) is 21.5 Å². The number of halogens is 2. The highest BCUT2D eigenvalue weighted by Crippen LogP contribution is 2.28. The van der Waals surface area contributed by atoms with E-state index in [2.05, 4.69) is 32.3 Å². The zero-order chi connectivity index (χ0) is 14.0. The van der Waals surface area contributed by atoms with Gasteiger partial charge in [0, 0.05) is 11.9 Å². The molecule has 0 bridgehead atoms. The molecule has 0 aliphatic carbocycles. The van der Waals surface area contributed by atoms with Crippen LogP contribution in [-0.4, -0.2) is 4.98 Å². The first kappa shape index (κ1) is 13.5. The normalized spacial score (nSPS) is 10.1. The van der Waals surface area contributed by atoms with Crippen LogP contribution in [-0.2, 0) is 0 Å². The Bertz CT molecular complexity index is 677. The molecule has 0 atom stereocenters. The predicted molar refractivity (Wildman–Crippen MR) is 75.8 cm³/mol. The first-order valence-electron chi connectivity index (χ1n) is 5.61. The monoisotopic (exact) mass is 319 g/mol. The van der Waals surface area contributed by atoms with Crippen molar-refractivity contribution in [2.75, 3.05) is 5.32 Å². The average molecular weight is 320 g/mol. The molecule has 3 nitrogen and oxygen atoms in total. The summed E-state index contributed by atoms with van der Waals surface area (Å²) < 4.78 is 13.7. The van der Waals surface area contributed by atoms with Gasteiger partial charge in [0.25, 0.3) is 0 Å². The van der Waals surface area contributed by atoms with Crippen LogP contribution >= 0.6 is 15.9 Å². The van der Waals surface area contributed by atoms with E-state index in [1.807, 2.05) is 6.92 Å². The molecule has 19 heavy (non-hydrogen) atoms. The number of hydrogen-bond acceptors (Lipinski definition) is 3. The van der Waals surface area contributed by atoms with Crippen molar-refractivity contribution >= 4 is 27.4 Å². The number of benzene rings is 1. The van der Waals surface area contributed by atoms with Crippen molar-refractivity contribution in [1.29, 1.82) is 5.26 Å². The third-order valence-corrected chi connectivity index (χ3v) is 3.40. The van der Waals surface area contributed by atoms with Gasteiger partial charge < -0.3 is 5.32 Å². The molecular formula is C14H11BrFN3. The summed E-state index contributed by atoms with van der Waals surface area (Å²) in [5, 5.41) is 12.2. The van der Waals surface area contributed by atoms with E-state index in [1.54, 1.807) is 25.3 Å². The molecule has 0 fully saturated rings. The Morgan fingerprint density at radius 3 is 2.74 bits per heavy atom. The van der Waals surface area contributed by atoms with Gasteiger partial charge in [-0.25, -0.2) is 9.37 Å². The Morgan fingerprint density at radius 2 is 2.05 bits per heavy atom. The van der Waals surface area contributed by atoms with E-state index >= 15 is 0 Å². The SMILES string of the molecule is Cc1cc(F)c(Br)cc1Nc1nccc(C)c1C#N. The molecule has 96 valence electrons. The van der Waals surface area contributed by atoms with Crippen LogP contribution in [0.15, 0.2) is 28.9 Å². The van der Waals surface area contributed by atoms with E-state index in [9.17, 15) is 4.39 Å². The molecule has 0 aliphatic heterocycles. The number of aryl methyl sites for hydroxylation is 2. The van der Waals surface area contributed by atoms with Gasteiger partial charge in [-0.1, -0.05) is 0 Å². The number of aromatic nitrogens is 1. The van der Waals surface area contributed by atoms with Crippen LogP contribution in [0.5, 0.6) is 0 Å². The number of pyridine rings is 1. The van der Waals surface area contributed by atoms with Crippen LogP contribution in [0.4, 0.5) is 15.9 Å². The third kappa shape index (κ3) is 2.74. The van der Waals surface area contributed by atoms with Crippen LogP contribution in [0, 0.1) is 31.0 Å². The fourth-order valence-electron chi connectivity index (χ4n) is 1.70. The Hall–Kier alpha value is -1.93. The highest BCUT2D eigenvalue weighted by molar-refractivity contribution is 9.10. The Morgan fingerprint density at radius 1 is 1.32 bits per heavy atom. The molecular weight excluding hydrogens is 309 g/mol. The minimum absolute atomic E-state index is 0.319. The van der Waals surface area contributed by atoms with Crippen molar-refractivity contribution < 1.29 is 4.39 Å². The largest absolute Gasteiger partial charge is 0.339 e. The summed E-state index contributed by atoms with van der Waals surface area (Å²) >= 11 is 3.14. The Kier molecular flexibility index (Phi) is 3.82. The summed E-state index contributed by atoms with van der Waals surface area (Å²) in [6.45, 7) is 3.64. The fourth-order valence-corrected chi connectivity index (χ4v) is 2.05. The second-order valence-electron chi connectivity index (χ2n) is 4.17. The van der Waals surface area contributed by atoms with E-state index in [-0.39, 0.29) is 5.82 Å². The Labute approximate surface area is 119 Å². The predicted octanol–water partition coefficient (Wildman–Crippen LogP) is 4.22. The summed E-state index contributed by atoms with van der Waals surface area (Å²) in [7, 11) is 0. The molecule has 1 heterocycles. The molecule has 1 N–H and O–H groups in total. The van der Waals surface area contributed by atoms with Gasteiger partial charge in [0.2, 0.25) is 0 Å². The van der Waals surface area contributed by atoms with Gasteiger partial charge in [0.05, 0.1) is 10.0 Å². The summed E-state index contributed by atoms with van der Waals surface area (Å²) in [5.41, 5.74) is 2.79. The van der Waals surface area contributed by atoms with Crippen LogP contribution in [0.3, 0.4) is 0 Å². The van der Waals surface area contributed by atoms with Gasteiger partial charge >= 0.3 is 0 Å². The zero-order valence-corrected chi connectivity index (χ0v) is 12.0. The minimum Gasteiger partial charge on any atom is -0.339 e. The Balaban J connectivity index is 2.45. The number of nitrogens with one attached hydrogen (secondary N) is 1. The van der Waals surface area contributed by atoms with Crippen LogP contribution < -0.4 is 5.32 Å². The van der Waals surface area contributed by atoms with E-state index in [0.717, 1.165) is 11.1 Å². The average Bonchev–Trinajstić information content (AvgIpc) is 2.36. The van der Waals surface area contributed by atoms with Gasteiger partial charge in [-0.05, 0) is 59.1 Å². The molecule has 5 heteroatoms. The quantitative estimate of drug-likeness (QED) is 0.901. The third-order valence-electron chi connectivity index (χ3n) is 2.79. The van der Waals surface area contributed by atoms with Crippen molar-refractivity contribution in [1.82, 2.24) is 4.98 Å². The molecule has 0 spiro atoms. The van der Waals surface area contributed by atoms with Crippen molar-refractivity contribution in [2.45, 2.75) is 13.8 Å². The van der Waals surface area contributed by atoms with Crippen LogP contribution in [0.25, 0.3) is 0 Å². The maximum Gasteiger partial charge on any atom is 0.148 e. The van der Waals surface area contributed by atoms with Crippen LogP contribution in [0.1, 0.15) is 16.7 Å². The number of nitriles is 1. The second-order valence-corrected chi connectivity index (χ2v) is 5.02. The standard InChI is InChI=1S/C14H11BrFN3/c1-8-3-4-18-14(10(8)7-17)19-13-6-11(15)12(16)5-9(13)2/h3-6H,1-2H3,(H,18,19). The van der Waals surface area contributed by atoms with Gasteiger partial charge in [-0.2, -0.15) is 5.26 Å². The molecule has 1 aromatic heterocycles. The lowest BCUT2D eigenvalue weighted by Crippen LogP contribution is -2.00. The lowest BCUT2D eigenvalue weighted by atomic mass is 10.1. The summed E-state index contributed by atoms with van der Waals surface area (Å²) in [5.74, 6) is 0.157. The molecule has 0 aliphatic rings. The highest BCUT2D eigenvalue weighted by Gasteiger charge is 2.10. The smallest absolute Gasteiger partial charge is 0.148 e. The van der Waals surface area contributed by atoms with Crippen LogP contribution in [0.2, 0.25) is 0 Å². The summed E-state index contributed by atoms with van der Waals surface area (Å²) in [6.07, 6.45) is 1.63. The maximum absolute atomic E-state index is 13.4. The van der Waals surface area contributed by atoms with Gasteiger partial charge in [0.1, 0.15) is 17.7 Å². The highest BCUT2D eigenvalue weighted by atomic mass is 79.9. The lowest BCUT2D eigenvalue weighted by molar-refractivity contribution is 0.620. The van der Waals surface area contributed by atoms with E-state index < -0.39 is 0 Å². The molecule has 0 saturated heterocycles. The summed E-state index contributed by atoms with van der Waals surface area (Å²) in [6, 6.07) is 6.95. The molecule has 2 rings (SSSR count). The molecule has 0 amide bonds. The van der Waals surface area contributed by atoms with Crippen molar-refractivity contribution in [3.63, 3.8) is 0 Å². The van der Waals surface area contributed by atoms with Gasteiger partial charge in [-0.3, -0.25) is 0 Å². The van der Waals surface area contributed by atoms with E-state index in [4.69, 9.17) is 5.26 Å². The van der Waals surface area contributed by atoms with Crippen molar-refractivity contribution in [3.8, 4) is 6.07 Å². The number of rotatable bonds is 2. The topological polar surface area (TPSA) is 48.7 Å². The molecule has 0 unspecified atom stereocenters. The van der Waals surface area contributed by atoms with Crippen molar-refractivity contribution in [2.24, 2.45) is 0 Å². The number of anilines is 2. The van der Waals surface area contributed by atoms with Gasteiger partial charge in [0.15, 0.2) is 0 Å². The van der Waals surface area contributed by atoms with Crippen molar-refractivity contribution in [3.05, 3.63) is 51.4 Å². The molecule has 0 radical (unpaired) electrons. The number of hydrogen-bond donors (Lipinski definition) is 1. The lowest BCUT2D eigenvalue weighted by Gasteiger charge is -2.12. The molecule has 2 aromatic rings. The maximum atomic E-state index is 13.4.